The molecule has 1 aliphatic rings. The summed E-state index contributed by atoms with van der Waals surface area (Å²) in [5.74, 6) is 1.08. The molecule has 1 fully saturated rings. The Morgan fingerprint density at radius 1 is 1.21 bits per heavy atom. The molecule has 3 rings (SSSR count). The number of hydrogen-bond donors (Lipinski definition) is 1. The van der Waals surface area contributed by atoms with E-state index in [4.69, 9.17) is 4.42 Å². The lowest BCUT2D eigenvalue weighted by molar-refractivity contribution is 0.564. The molecule has 98 valence electrons. The molecule has 0 bridgehead atoms. The quantitative estimate of drug-likeness (QED) is 0.929. The summed E-state index contributed by atoms with van der Waals surface area (Å²) < 4.78 is 5.03. The van der Waals surface area contributed by atoms with Crippen molar-refractivity contribution < 1.29 is 4.42 Å². The molecular weight excluding hydrogens is 256 g/mol. The minimum absolute atomic E-state index is 0.482. The van der Waals surface area contributed by atoms with Crippen molar-refractivity contribution in [2.24, 2.45) is 4.99 Å². The second-order valence-corrected chi connectivity index (χ2v) is 5.60. The molecule has 2 heterocycles. The molecule has 1 saturated heterocycles. The normalized spacial score (nSPS) is 20.6. The molecule has 3 nitrogen and oxygen atoms in total. The van der Waals surface area contributed by atoms with E-state index in [9.17, 15) is 0 Å². The number of furan rings is 1. The number of nitrogens with one attached hydrogen (secondary N) is 1. The summed E-state index contributed by atoms with van der Waals surface area (Å²) in [6.45, 7) is 0.684. The molecule has 0 amide bonds. The molecular formula is C15H16N2OS. The Morgan fingerprint density at radius 2 is 2.11 bits per heavy atom. The Bertz CT molecular complexity index is 537. The largest absolute Gasteiger partial charge is 0.472 e. The molecule has 0 saturated carbocycles. The van der Waals surface area contributed by atoms with E-state index < -0.39 is 0 Å². The zero-order valence-electron chi connectivity index (χ0n) is 10.6. The Morgan fingerprint density at radius 3 is 2.89 bits per heavy atom. The van der Waals surface area contributed by atoms with Gasteiger partial charge < -0.3 is 9.73 Å². The highest BCUT2D eigenvalue weighted by atomic mass is 32.2. The molecule has 1 N–H and O–H groups in total. The second-order valence-electron chi connectivity index (χ2n) is 4.59. The monoisotopic (exact) mass is 272 g/mol. The van der Waals surface area contributed by atoms with Crippen LogP contribution in [0.2, 0.25) is 0 Å². The molecule has 1 aromatic heterocycles. The van der Waals surface area contributed by atoms with Crippen molar-refractivity contribution >= 4 is 16.9 Å². The van der Waals surface area contributed by atoms with E-state index in [2.05, 4.69) is 40.6 Å². The first kappa shape index (κ1) is 12.4. The third-order valence-electron chi connectivity index (χ3n) is 3.06. The van der Waals surface area contributed by atoms with Crippen LogP contribution in [0.3, 0.4) is 0 Å². The molecule has 0 aliphatic carbocycles. The first-order chi connectivity index (χ1) is 9.40. The molecule has 0 radical (unpaired) electrons. The molecule has 2 aromatic rings. The highest BCUT2D eigenvalue weighted by Crippen LogP contribution is 2.18. The van der Waals surface area contributed by atoms with Crippen LogP contribution in [0.5, 0.6) is 0 Å². The Hall–Kier alpha value is -1.68. The lowest BCUT2D eigenvalue weighted by atomic mass is 10.1. The number of hydrogen-bond acceptors (Lipinski definition) is 3. The van der Waals surface area contributed by atoms with Gasteiger partial charge in [-0.3, -0.25) is 4.99 Å². The van der Waals surface area contributed by atoms with Crippen LogP contribution in [0.1, 0.15) is 11.1 Å². The fourth-order valence-electron chi connectivity index (χ4n) is 2.08. The van der Waals surface area contributed by atoms with Crippen LogP contribution in [0.25, 0.3) is 0 Å². The van der Waals surface area contributed by atoms with Gasteiger partial charge in [-0.2, -0.15) is 0 Å². The summed E-state index contributed by atoms with van der Waals surface area (Å²) in [4.78, 5) is 4.57. The smallest absolute Gasteiger partial charge is 0.157 e. The van der Waals surface area contributed by atoms with E-state index in [1.807, 2.05) is 6.07 Å². The van der Waals surface area contributed by atoms with Gasteiger partial charge in [-0.25, -0.2) is 0 Å². The first-order valence-electron chi connectivity index (χ1n) is 6.39. The van der Waals surface area contributed by atoms with Gasteiger partial charge in [0.15, 0.2) is 5.17 Å². The van der Waals surface area contributed by atoms with Crippen molar-refractivity contribution in [2.45, 2.75) is 19.0 Å². The van der Waals surface area contributed by atoms with E-state index in [-0.39, 0.29) is 0 Å². The maximum absolute atomic E-state index is 5.03. The van der Waals surface area contributed by atoms with Crippen molar-refractivity contribution in [1.29, 1.82) is 0 Å². The molecule has 1 aromatic carbocycles. The highest BCUT2D eigenvalue weighted by Gasteiger charge is 2.20. The van der Waals surface area contributed by atoms with Crippen molar-refractivity contribution in [3.05, 3.63) is 60.1 Å². The molecule has 1 atom stereocenters. The van der Waals surface area contributed by atoms with E-state index >= 15 is 0 Å². The summed E-state index contributed by atoms with van der Waals surface area (Å²) in [5.41, 5.74) is 2.48. The second kappa shape index (κ2) is 5.97. The van der Waals surface area contributed by atoms with E-state index in [0.717, 1.165) is 22.9 Å². The van der Waals surface area contributed by atoms with Gasteiger partial charge in [0, 0.05) is 17.4 Å². The molecule has 0 spiro atoms. The predicted octanol–water partition coefficient (Wildman–Crippen LogP) is 3.08. The number of nitrogens with zero attached hydrogens (tertiary/aromatic N) is 1. The van der Waals surface area contributed by atoms with Gasteiger partial charge in [-0.1, -0.05) is 42.1 Å². The number of thioether (sulfide) groups is 1. The Kier molecular flexibility index (Phi) is 3.89. The molecule has 19 heavy (non-hydrogen) atoms. The summed E-state index contributed by atoms with van der Waals surface area (Å²) >= 11 is 1.80. The van der Waals surface area contributed by atoms with Gasteiger partial charge in [0.25, 0.3) is 0 Å². The molecule has 4 heteroatoms. The number of benzene rings is 1. The van der Waals surface area contributed by atoms with Crippen LogP contribution in [0, 0.1) is 0 Å². The van der Waals surface area contributed by atoms with Crippen molar-refractivity contribution in [1.82, 2.24) is 5.32 Å². The zero-order valence-corrected chi connectivity index (χ0v) is 11.4. The lowest BCUT2D eigenvalue weighted by Gasteiger charge is -2.09. The van der Waals surface area contributed by atoms with Crippen LogP contribution >= 0.6 is 11.8 Å². The van der Waals surface area contributed by atoms with Crippen LogP contribution in [-0.2, 0) is 13.0 Å². The molecule has 1 unspecified atom stereocenters. The van der Waals surface area contributed by atoms with Gasteiger partial charge >= 0.3 is 0 Å². The van der Waals surface area contributed by atoms with E-state index in [0.29, 0.717) is 12.6 Å². The van der Waals surface area contributed by atoms with Crippen LogP contribution < -0.4 is 5.32 Å². The summed E-state index contributed by atoms with van der Waals surface area (Å²) in [7, 11) is 0. The highest BCUT2D eigenvalue weighted by molar-refractivity contribution is 8.14. The SMILES string of the molecule is c1ccc(CC2CSC(=NCc3ccoc3)N2)cc1. The lowest BCUT2D eigenvalue weighted by Crippen LogP contribution is -2.28. The summed E-state index contributed by atoms with van der Waals surface area (Å²) in [5, 5.41) is 4.53. The number of aliphatic imine (C=N–C) groups is 1. The van der Waals surface area contributed by atoms with Crippen LogP contribution in [0.15, 0.2) is 58.3 Å². The van der Waals surface area contributed by atoms with Gasteiger partial charge in [0.1, 0.15) is 0 Å². The fraction of sp³-hybridized carbons (Fsp3) is 0.267. The zero-order chi connectivity index (χ0) is 12.9. The Labute approximate surface area is 117 Å². The molecule has 1 aliphatic heterocycles. The maximum Gasteiger partial charge on any atom is 0.157 e. The van der Waals surface area contributed by atoms with Gasteiger partial charge in [0.2, 0.25) is 0 Å². The minimum atomic E-state index is 0.482. The Balaban J connectivity index is 1.54. The van der Waals surface area contributed by atoms with E-state index in [1.165, 1.54) is 5.56 Å². The maximum atomic E-state index is 5.03. The average Bonchev–Trinajstić information content (AvgIpc) is 3.09. The van der Waals surface area contributed by atoms with Crippen molar-refractivity contribution in [3.8, 4) is 0 Å². The number of amidine groups is 1. The van der Waals surface area contributed by atoms with Crippen LogP contribution in [0.4, 0.5) is 0 Å². The fourth-order valence-corrected chi connectivity index (χ4v) is 3.05. The topological polar surface area (TPSA) is 37.5 Å². The average molecular weight is 272 g/mol. The van der Waals surface area contributed by atoms with Crippen molar-refractivity contribution in [3.63, 3.8) is 0 Å². The van der Waals surface area contributed by atoms with Gasteiger partial charge in [-0.05, 0) is 18.1 Å². The summed E-state index contributed by atoms with van der Waals surface area (Å²) in [6, 6.07) is 13.0. The third-order valence-corrected chi connectivity index (χ3v) is 4.15. The van der Waals surface area contributed by atoms with Crippen molar-refractivity contribution in [2.75, 3.05) is 5.75 Å². The van der Waals surface area contributed by atoms with E-state index in [1.54, 1.807) is 24.3 Å². The summed E-state index contributed by atoms with van der Waals surface area (Å²) in [6.07, 6.45) is 4.48. The van der Waals surface area contributed by atoms with Gasteiger partial charge in [0.05, 0.1) is 19.1 Å². The number of rotatable bonds is 4. The standard InChI is InChI=1S/C15H16N2OS/c1-2-4-12(5-3-1)8-14-11-19-15(17-14)16-9-13-6-7-18-10-13/h1-7,10,14H,8-9,11H2,(H,16,17). The van der Waals surface area contributed by atoms with Crippen LogP contribution in [-0.4, -0.2) is 17.0 Å². The van der Waals surface area contributed by atoms with Gasteiger partial charge in [-0.15, -0.1) is 0 Å². The first-order valence-corrected chi connectivity index (χ1v) is 7.37. The third kappa shape index (κ3) is 3.41. The minimum Gasteiger partial charge on any atom is -0.472 e. The predicted molar refractivity (Wildman–Crippen MR) is 79.4 cm³/mol.